The first-order valence-corrected chi connectivity index (χ1v) is 6.67. The van der Waals surface area contributed by atoms with Gasteiger partial charge >= 0.3 is 0 Å². The van der Waals surface area contributed by atoms with Gasteiger partial charge in [-0.25, -0.2) is 0 Å². The Kier molecular flexibility index (Phi) is 3.99. The molecule has 5 nitrogen and oxygen atoms in total. The summed E-state index contributed by atoms with van der Waals surface area (Å²) in [7, 11) is 0. The van der Waals surface area contributed by atoms with Crippen molar-refractivity contribution in [2.45, 2.75) is 51.5 Å². The molecule has 1 saturated heterocycles. The van der Waals surface area contributed by atoms with E-state index in [-0.39, 0.29) is 6.04 Å². The van der Waals surface area contributed by atoms with Crippen molar-refractivity contribution in [3.63, 3.8) is 0 Å². The molecule has 1 aromatic heterocycles. The van der Waals surface area contributed by atoms with Gasteiger partial charge in [0.15, 0.2) is 0 Å². The number of piperidine rings is 1. The second kappa shape index (κ2) is 5.49. The summed E-state index contributed by atoms with van der Waals surface area (Å²) >= 11 is 0. The second-order valence-electron chi connectivity index (χ2n) is 4.88. The van der Waals surface area contributed by atoms with E-state index in [9.17, 15) is 0 Å². The Labute approximate surface area is 103 Å². The molecule has 0 bridgehead atoms. The van der Waals surface area contributed by atoms with E-state index in [4.69, 9.17) is 5.73 Å². The third kappa shape index (κ3) is 2.77. The van der Waals surface area contributed by atoms with Crippen LogP contribution in [0.2, 0.25) is 0 Å². The zero-order valence-electron chi connectivity index (χ0n) is 10.8. The molecular formula is C12H23N5. The minimum absolute atomic E-state index is 0.263. The van der Waals surface area contributed by atoms with Crippen molar-refractivity contribution in [1.29, 1.82) is 0 Å². The number of anilines is 1. The van der Waals surface area contributed by atoms with Gasteiger partial charge in [-0.2, -0.15) is 4.98 Å². The summed E-state index contributed by atoms with van der Waals surface area (Å²) in [5, 5.41) is 7.40. The maximum Gasteiger partial charge on any atom is 0.244 e. The van der Waals surface area contributed by atoms with Crippen LogP contribution in [0.4, 0.5) is 5.95 Å². The third-order valence-electron chi connectivity index (χ3n) is 3.60. The molecule has 3 N–H and O–H groups in total. The van der Waals surface area contributed by atoms with Crippen molar-refractivity contribution >= 4 is 5.95 Å². The fourth-order valence-corrected chi connectivity index (χ4v) is 2.46. The molecule has 1 unspecified atom stereocenters. The zero-order chi connectivity index (χ0) is 12.3. The third-order valence-corrected chi connectivity index (χ3v) is 3.60. The minimum atomic E-state index is 0.263. The Balaban J connectivity index is 2.06. The number of hydrogen-bond acceptors (Lipinski definition) is 4. The fraction of sp³-hybridized carbons (Fsp3) is 0.833. The average molecular weight is 237 g/mol. The van der Waals surface area contributed by atoms with E-state index in [0.29, 0.717) is 5.92 Å². The molecule has 0 spiro atoms. The molecule has 2 rings (SSSR count). The van der Waals surface area contributed by atoms with Crippen LogP contribution in [0.1, 0.15) is 51.3 Å². The number of aromatic amines is 1. The van der Waals surface area contributed by atoms with Crippen LogP contribution < -0.4 is 10.6 Å². The van der Waals surface area contributed by atoms with Gasteiger partial charge < -0.3 is 10.6 Å². The molecule has 5 heteroatoms. The van der Waals surface area contributed by atoms with Crippen molar-refractivity contribution in [1.82, 2.24) is 15.2 Å². The molecule has 1 fully saturated rings. The van der Waals surface area contributed by atoms with E-state index in [1.807, 2.05) is 0 Å². The molecule has 0 saturated carbocycles. The highest BCUT2D eigenvalue weighted by Crippen LogP contribution is 2.22. The molecular weight excluding hydrogens is 214 g/mol. The Morgan fingerprint density at radius 2 is 2.24 bits per heavy atom. The van der Waals surface area contributed by atoms with Crippen LogP contribution in [-0.2, 0) is 0 Å². The number of nitrogens with zero attached hydrogens (tertiary/aromatic N) is 3. The molecule has 0 aliphatic carbocycles. The maximum atomic E-state index is 5.97. The molecule has 0 aromatic carbocycles. The summed E-state index contributed by atoms with van der Waals surface area (Å²) in [6, 6.07) is 0.263. The van der Waals surface area contributed by atoms with Gasteiger partial charge in [-0.05, 0) is 25.7 Å². The van der Waals surface area contributed by atoms with Crippen LogP contribution in [-0.4, -0.2) is 34.3 Å². The Bertz CT molecular complexity index is 344. The normalized spacial score (nSPS) is 21.2. The average Bonchev–Trinajstić information content (AvgIpc) is 2.80. The molecule has 0 radical (unpaired) electrons. The summed E-state index contributed by atoms with van der Waals surface area (Å²) in [6.07, 6.45) is 4.45. The number of nitrogens with one attached hydrogen (secondary N) is 1. The standard InChI is InChI=1S/C12H23N5/c1-3-9(4-2)11-14-12(16-15-11)17-7-5-6-10(13)8-17/h9-10H,3-8,13H2,1-2H3,(H,14,15,16). The number of rotatable bonds is 4. The van der Waals surface area contributed by atoms with E-state index in [0.717, 1.165) is 50.5 Å². The number of aromatic nitrogens is 3. The molecule has 2 heterocycles. The van der Waals surface area contributed by atoms with Crippen LogP contribution in [0.5, 0.6) is 0 Å². The SMILES string of the molecule is CCC(CC)c1nc(N2CCCC(N)C2)n[nH]1. The molecule has 1 atom stereocenters. The van der Waals surface area contributed by atoms with Gasteiger partial charge in [0.2, 0.25) is 5.95 Å². The Hall–Kier alpha value is -1.10. The summed E-state index contributed by atoms with van der Waals surface area (Å²) in [6.45, 7) is 6.27. The highest BCUT2D eigenvalue weighted by molar-refractivity contribution is 5.30. The van der Waals surface area contributed by atoms with Crippen LogP contribution >= 0.6 is 0 Å². The first kappa shape index (κ1) is 12.4. The van der Waals surface area contributed by atoms with E-state index < -0.39 is 0 Å². The van der Waals surface area contributed by atoms with Gasteiger partial charge in [0, 0.05) is 25.0 Å². The van der Waals surface area contributed by atoms with Crippen LogP contribution in [0.3, 0.4) is 0 Å². The van der Waals surface area contributed by atoms with Gasteiger partial charge in [-0.1, -0.05) is 13.8 Å². The Morgan fingerprint density at radius 1 is 1.47 bits per heavy atom. The van der Waals surface area contributed by atoms with Crippen LogP contribution in [0.15, 0.2) is 0 Å². The van der Waals surface area contributed by atoms with E-state index in [1.165, 1.54) is 0 Å². The largest absolute Gasteiger partial charge is 0.338 e. The summed E-state index contributed by atoms with van der Waals surface area (Å²) < 4.78 is 0. The Morgan fingerprint density at radius 3 is 2.88 bits per heavy atom. The quantitative estimate of drug-likeness (QED) is 0.835. The lowest BCUT2D eigenvalue weighted by atomic mass is 10.0. The van der Waals surface area contributed by atoms with E-state index >= 15 is 0 Å². The lowest BCUT2D eigenvalue weighted by Crippen LogP contribution is -2.43. The molecule has 0 amide bonds. The predicted molar refractivity (Wildman–Crippen MR) is 69.1 cm³/mol. The van der Waals surface area contributed by atoms with E-state index in [2.05, 4.69) is 33.9 Å². The summed E-state index contributed by atoms with van der Waals surface area (Å²) in [5.41, 5.74) is 5.97. The summed E-state index contributed by atoms with van der Waals surface area (Å²) in [4.78, 5) is 6.81. The van der Waals surface area contributed by atoms with E-state index in [1.54, 1.807) is 0 Å². The lowest BCUT2D eigenvalue weighted by molar-refractivity contribution is 0.500. The highest BCUT2D eigenvalue weighted by atomic mass is 15.4. The minimum Gasteiger partial charge on any atom is -0.338 e. The maximum absolute atomic E-state index is 5.97. The lowest BCUT2D eigenvalue weighted by Gasteiger charge is -2.29. The number of nitrogens with two attached hydrogens (primary N) is 1. The van der Waals surface area contributed by atoms with Crippen molar-refractivity contribution in [3.8, 4) is 0 Å². The molecule has 1 aromatic rings. The molecule has 96 valence electrons. The number of H-pyrrole nitrogens is 1. The van der Waals surface area contributed by atoms with Gasteiger partial charge in [-0.15, -0.1) is 5.10 Å². The van der Waals surface area contributed by atoms with Crippen molar-refractivity contribution in [3.05, 3.63) is 5.82 Å². The van der Waals surface area contributed by atoms with Crippen molar-refractivity contribution in [2.75, 3.05) is 18.0 Å². The van der Waals surface area contributed by atoms with Gasteiger partial charge in [0.25, 0.3) is 0 Å². The first-order chi connectivity index (χ1) is 8.24. The molecule has 17 heavy (non-hydrogen) atoms. The fourth-order valence-electron chi connectivity index (χ4n) is 2.46. The summed E-state index contributed by atoms with van der Waals surface area (Å²) in [5.74, 6) is 2.33. The number of hydrogen-bond donors (Lipinski definition) is 2. The topological polar surface area (TPSA) is 70.8 Å². The van der Waals surface area contributed by atoms with Crippen molar-refractivity contribution in [2.24, 2.45) is 5.73 Å². The highest BCUT2D eigenvalue weighted by Gasteiger charge is 2.21. The van der Waals surface area contributed by atoms with Crippen LogP contribution in [0.25, 0.3) is 0 Å². The van der Waals surface area contributed by atoms with Gasteiger partial charge in [0.1, 0.15) is 5.82 Å². The monoisotopic (exact) mass is 237 g/mol. The van der Waals surface area contributed by atoms with Gasteiger partial charge in [-0.3, -0.25) is 5.10 Å². The second-order valence-corrected chi connectivity index (χ2v) is 4.88. The first-order valence-electron chi connectivity index (χ1n) is 6.67. The molecule has 1 aliphatic rings. The van der Waals surface area contributed by atoms with Crippen LogP contribution in [0, 0.1) is 0 Å². The predicted octanol–water partition coefficient (Wildman–Crippen LogP) is 1.64. The van der Waals surface area contributed by atoms with Gasteiger partial charge in [0.05, 0.1) is 0 Å². The smallest absolute Gasteiger partial charge is 0.244 e. The zero-order valence-corrected chi connectivity index (χ0v) is 10.8. The molecule has 1 aliphatic heterocycles. The van der Waals surface area contributed by atoms with Crippen molar-refractivity contribution < 1.29 is 0 Å².